The third-order valence-electron chi connectivity index (χ3n) is 6.38. The maximum atomic E-state index is 13.2. The summed E-state index contributed by atoms with van der Waals surface area (Å²) in [6.07, 6.45) is -1.09. The van der Waals surface area contributed by atoms with Crippen LogP contribution >= 0.6 is 0 Å². The quantitative estimate of drug-likeness (QED) is 0.301. The van der Waals surface area contributed by atoms with Gasteiger partial charge in [0, 0.05) is 29.8 Å². The lowest BCUT2D eigenvalue weighted by Crippen LogP contribution is -2.37. The van der Waals surface area contributed by atoms with Crippen molar-refractivity contribution >= 4 is 16.9 Å². The van der Waals surface area contributed by atoms with Crippen LogP contribution in [-0.4, -0.2) is 42.2 Å². The van der Waals surface area contributed by atoms with E-state index in [1.54, 1.807) is 0 Å². The molecule has 4 aromatic rings. The molecular weight excluding hydrogens is 470 g/mol. The van der Waals surface area contributed by atoms with Crippen molar-refractivity contribution in [2.45, 2.75) is 38.5 Å². The van der Waals surface area contributed by atoms with E-state index in [1.165, 1.54) is 18.2 Å². The molecule has 0 radical (unpaired) electrons. The first-order valence-electron chi connectivity index (χ1n) is 12.2. The van der Waals surface area contributed by atoms with Gasteiger partial charge in [0.15, 0.2) is 11.5 Å². The van der Waals surface area contributed by atoms with Gasteiger partial charge < -0.3 is 23.9 Å². The van der Waals surface area contributed by atoms with E-state index >= 15 is 0 Å². The SMILES string of the molecule is CC[C@@H](Oc1cc(O)c2c(=O)cc(-c3ccccc3)oc2c1)C(=O)O[C@@H](c1ccccc1)[C@H](C)N(C)C. The highest BCUT2D eigenvalue weighted by Gasteiger charge is 2.29. The molecule has 0 spiro atoms. The lowest BCUT2D eigenvalue weighted by Gasteiger charge is -2.30. The minimum Gasteiger partial charge on any atom is -0.507 e. The fourth-order valence-corrected chi connectivity index (χ4v) is 4.08. The number of phenols is 1. The summed E-state index contributed by atoms with van der Waals surface area (Å²) in [7, 11) is 3.86. The number of ether oxygens (including phenoxy) is 2. The maximum absolute atomic E-state index is 13.2. The second kappa shape index (κ2) is 11.3. The Morgan fingerprint density at radius 2 is 1.65 bits per heavy atom. The molecule has 0 bridgehead atoms. The molecule has 3 atom stereocenters. The van der Waals surface area contributed by atoms with Crippen molar-refractivity contribution in [3.8, 4) is 22.8 Å². The zero-order valence-corrected chi connectivity index (χ0v) is 21.4. The molecule has 1 aromatic heterocycles. The van der Waals surface area contributed by atoms with Gasteiger partial charge >= 0.3 is 5.97 Å². The van der Waals surface area contributed by atoms with Gasteiger partial charge in [-0.05, 0) is 33.0 Å². The average molecular weight is 502 g/mol. The third kappa shape index (κ3) is 5.84. The van der Waals surface area contributed by atoms with E-state index in [4.69, 9.17) is 13.9 Å². The van der Waals surface area contributed by atoms with E-state index in [9.17, 15) is 14.7 Å². The highest BCUT2D eigenvalue weighted by molar-refractivity contribution is 5.86. The number of likely N-dealkylation sites (N-methyl/N-ethyl adjacent to an activating group) is 1. The van der Waals surface area contributed by atoms with E-state index in [1.807, 2.05) is 93.5 Å². The number of rotatable bonds is 9. The summed E-state index contributed by atoms with van der Waals surface area (Å²) in [5, 5.41) is 10.6. The van der Waals surface area contributed by atoms with Crippen molar-refractivity contribution < 1.29 is 23.8 Å². The zero-order chi connectivity index (χ0) is 26.5. The molecular formula is C30H31NO6. The van der Waals surface area contributed by atoms with Crippen LogP contribution in [-0.2, 0) is 9.53 Å². The van der Waals surface area contributed by atoms with Crippen molar-refractivity contribution in [1.82, 2.24) is 4.90 Å². The van der Waals surface area contributed by atoms with Crippen molar-refractivity contribution in [3.05, 3.63) is 94.6 Å². The number of hydrogen-bond acceptors (Lipinski definition) is 7. The van der Waals surface area contributed by atoms with Crippen LogP contribution < -0.4 is 10.2 Å². The molecule has 0 aliphatic carbocycles. The monoisotopic (exact) mass is 501 g/mol. The second-order valence-corrected chi connectivity index (χ2v) is 9.14. The largest absolute Gasteiger partial charge is 0.507 e. The zero-order valence-electron chi connectivity index (χ0n) is 21.4. The third-order valence-corrected chi connectivity index (χ3v) is 6.38. The highest BCUT2D eigenvalue weighted by atomic mass is 16.6. The van der Waals surface area contributed by atoms with E-state index in [2.05, 4.69) is 0 Å². The molecule has 37 heavy (non-hydrogen) atoms. The summed E-state index contributed by atoms with van der Waals surface area (Å²) < 4.78 is 17.9. The fraction of sp³-hybridized carbons (Fsp3) is 0.267. The normalized spacial score (nSPS) is 13.8. The minimum absolute atomic E-state index is 0.0478. The van der Waals surface area contributed by atoms with Gasteiger partial charge in [-0.2, -0.15) is 0 Å². The summed E-state index contributed by atoms with van der Waals surface area (Å²) in [5.74, 6) is -0.250. The molecule has 192 valence electrons. The van der Waals surface area contributed by atoms with Crippen molar-refractivity contribution in [3.63, 3.8) is 0 Å². The van der Waals surface area contributed by atoms with Crippen LogP contribution in [0.3, 0.4) is 0 Å². The molecule has 0 aliphatic rings. The number of carbonyl (C=O) groups is 1. The van der Waals surface area contributed by atoms with Crippen LogP contribution in [0.4, 0.5) is 0 Å². The summed E-state index contributed by atoms with van der Waals surface area (Å²) in [6.45, 7) is 3.80. The number of aromatic hydroxyl groups is 1. The summed E-state index contributed by atoms with van der Waals surface area (Å²) in [6, 6.07) is 22.9. The number of fused-ring (bicyclic) bond motifs is 1. The van der Waals surface area contributed by atoms with Crippen LogP contribution in [0.2, 0.25) is 0 Å². The fourth-order valence-electron chi connectivity index (χ4n) is 4.08. The molecule has 7 nitrogen and oxygen atoms in total. The Morgan fingerprint density at radius 1 is 1.00 bits per heavy atom. The Morgan fingerprint density at radius 3 is 2.27 bits per heavy atom. The lowest BCUT2D eigenvalue weighted by atomic mass is 10.0. The molecule has 3 aromatic carbocycles. The first-order valence-corrected chi connectivity index (χ1v) is 12.2. The lowest BCUT2D eigenvalue weighted by molar-refractivity contribution is -0.161. The summed E-state index contributed by atoms with van der Waals surface area (Å²) in [5.41, 5.74) is 1.39. The van der Waals surface area contributed by atoms with E-state index in [0.29, 0.717) is 12.2 Å². The Hall–Kier alpha value is -4.10. The van der Waals surface area contributed by atoms with Gasteiger partial charge in [0.05, 0.1) is 0 Å². The number of nitrogens with zero attached hydrogens (tertiary/aromatic N) is 1. The van der Waals surface area contributed by atoms with E-state index in [-0.39, 0.29) is 33.9 Å². The molecule has 4 rings (SSSR count). The van der Waals surface area contributed by atoms with Gasteiger partial charge in [0.1, 0.15) is 34.3 Å². The first kappa shape index (κ1) is 26.0. The van der Waals surface area contributed by atoms with E-state index in [0.717, 1.165) is 11.1 Å². The van der Waals surface area contributed by atoms with Crippen molar-refractivity contribution in [2.75, 3.05) is 14.1 Å². The molecule has 0 aliphatic heterocycles. The Labute approximate surface area is 215 Å². The van der Waals surface area contributed by atoms with Crippen LogP contribution in [0.15, 0.2) is 88.1 Å². The smallest absolute Gasteiger partial charge is 0.347 e. The Balaban J connectivity index is 1.62. The predicted octanol–water partition coefficient (Wildman–Crippen LogP) is 5.56. The maximum Gasteiger partial charge on any atom is 0.347 e. The number of esters is 1. The van der Waals surface area contributed by atoms with E-state index < -0.39 is 18.2 Å². The highest BCUT2D eigenvalue weighted by Crippen LogP contribution is 2.32. The molecule has 7 heteroatoms. The topological polar surface area (TPSA) is 89.2 Å². The molecule has 1 N–H and O–H groups in total. The van der Waals surface area contributed by atoms with Crippen LogP contribution in [0.25, 0.3) is 22.3 Å². The molecule has 0 saturated carbocycles. The van der Waals surface area contributed by atoms with Gasteiger partial charge in [-0.1, -0.05) is 67.6 Å². The number of benzene rings is 3. The Bertz CT molecular complexity index is 1410. The standard InChI is InChI=1S/C30H31NO6/c1-5-25(30(34)37-29(19(2)31(3)4)21-14-10-7-11-15-21)35-22-16-23(32)28-24(33)18-26(36-27(28)17-22)20-12-8-6-9-13-20/h6-19,25,29,32H,5H2,1-4H3/t19-,25+,29+/m0/s1. The summed E-state index contributed by atoms with van der Waals surface area (Å²) >= 11 is 0. The molecule has 0 unspecified atom stereocenters. The predicted molar refractivity (Wildman–Crippen MR) is 143 cm³/mol. The number of carbonyl (C=O) groups excluding carboxylic acids is 1. The van der Waals surface area contributed by atoms with Crippen LogP contribution in [0.5, 0.6) is 11.5 Å². The molecule has 0 fully saturated rings. The van der Waals surface area contributed by atoms with Gasteiger partial charge in [0.2, 0.25) is 0 Å². The average Bonchev–Trinajstić information content (AvgIpc) is 2.90. The van der Waals surface area contributed by atoms with Gasteiger partial charge in [-0.25, -0.2) is 4.79 Å². The molecule has 0 saturated heterocycles. The number of hydrogen-bond donors (Lipinski definition) is 1. The van der Waals surface area contributed by atoms with Crippen molar-refractivity contribution in [1.29, 1.82) is 0 Å². The number of phenolic OH excluding ortho intramolecular Hbond substituents is 1. The van der Waals surface area contributed by atoms with Gasteiger partial charge in [-0.3, -0.25) is 4.79 Å². The van der Waals surface area contributed by atoms with Crippen LogP contribution in [0, 0.1) is 0 Å². The van der Waals surface area contributed by atoms with Crippen molar-refractivity contribution in [2.24, 2.45) is 0 Å². The van der Waals surface area contributed by atoms with Gasteiger partial charge in [-0.15, -0.1) is 0 Å². The molecule has 0 amide bonds. The first-order chi connectivity index (χ1) is 17.8. The van der Waals surface area contributed by atoms with Gasteiger partial charge in [0.25, 0.3) is 0 Å². The summed E-state index contributed by atoms with van der Waals surface area (Å²) in [4.78, 5) is 27.9. The van der Waals surface area contributed by atoms with Crippen LogP contribution in [0.1, 0.15) is 31.9 Å². The second-order valence-electron chi connectivity index (χ2n) is 9.14. The Kier molecular flexibility index (Phi) is 7.94. The minimum atomic E-state index is -0.929. The molecule has 1 heterocycles.